The van der Waals surface area contributed by atoms with Crippen LogP contribution in [0.2, 0.25) is 0 Å². The van der Waals surface area contributed by atoms with Gasteiger partial charge in [0.15, 0.2) is 0 Å². The van der Waals surface area contributed by atoms with Crippen LogP contribution in [0, 0.1) is 12.8 Å². The molecule has 0 unspecified atom stereocenters. The summed E-state index contributed by atoms with van der Waals surface area (Å²) in [5, 5.41) is 11.7. The third-order valence-electron chi connectivity index (χ3n) is 3.75. The molecule has 0 atom stereocenters. The highest BCUT2D eigenvalue weighted by Crippen LogP contribution is 2.21. The first-order valence-electron chi connectivity index (χ1n) is 6.89. The van der Waals surface area contributed by atoms with Gasteiger partial charge in [0.1, 0.15) is 0 Å². The summed E-state index contributed by atoms with van der Waals surface area (Å²) in [4.78, 5) is 24.6. The highest BCUT2D eigenvalue weighted by molar-refractivity contribution is 5.90. The van der Waals surface area contributed by atoms with Gasteiger partial charge in [-0.15, -0.1) is 0 Å². The number of nitrogens with one attached hydrogen (secondary N) is 1. The molecule has 2 rings (SSSR count). The van der Waals surface area contributed by atoms with Crippen molar-refractivity contribution >= 4 is 17.7 Å². The van der Waals surface area contributed by atoms with E-state index in [1.54, 1.807) is 4.90 Å². The Bertz CT molecular complexity index is 494. The van der Waals surface area contributed by atoms with Crippen molar-refractivity contribution in [1.82, 2.24) is 4.90 Å². The fourth-order valence-electron chi connectivity index (χ4n) is 2.49. The van der Waals surface area contributed by atoms with Gasteiger partial charge in [-0.1, -0.05) is 18.2 Å². The van der Waals surface area contributed by atoms with Gasteiger partial charge in [-0.2, -0.15) is 0 Å². The van der Waals surface area contributed by atoms with Crippen molar-refractivity contribution in [2.45, 2.75) is 26.2 Å². The molecule has 1 aliphatic heterocycles. The molecule has 0 bridgehead atoms. The summed E-state index contributed by atoms with van der Waals surface area (Å²) in [7, 11) is 0. The van der Waals surface area contributed by atoms with Crippen molar-refractivity contribution in [2.24, 2.45) is 5.92 Å². The van der Waals surface area contributed by atoms with Gasteiger partial charge in [-0.25, -0.2) is 4.79 Å². The molecule has 1 saturated heterocycles. The fraction of sp³-hybridized carbons (Fsp3) is 0.467. The van der Waals surface area contributed by atoms with Crippen molar-refractivity contribution in [3.05, 3.63) is 29.8 Å². The quantitative estimate of drug-likeness (QED) is 0.891. The summed E-state index contributed by atoms with van der Waals surface area (Å²) in [5.74, 6) is -0.567. The van der Waals surface area contributed by atoms with Crippen LogP contribution in [0.3, 0.4) is 0 Å². The Morgan fingerprint density at radius 2 is 1.95 bits per heavy atom. The predicted molar refractivity (Wildman–Crippen MR) is 76.7 cm³/mol. The molecule has 1 aromatic rings. The number of amides is 2. The van der Waals surface area contributed by atoms with E-state index >= 15 is 0 Å². The summed E-state index contributed by atoms with van der Waals surface area (Å²) < 4.78 is 0. The molecule has 0 aromatic heterocycles. The Balaban J connectivity index is 1.86. The SMILES string of the molecule is Cc1ccccc1NC(=O)N1CCC(CC(=O)O)CC1. The minimum atomic E-state index is -0.757. The molecular weight excluding hydrogens is 256 g/mol. The number of carboxylic acid groups (broad SMARTS) is 1. The second-order valence-corrected chi connectivity index (χ2v) is 5.27. The number of likely N-dealkylation sites (tertiary alicyclic amines) is 1. The number of carbonyl (C=O) groups is 2. The van der Waals surface area contributed by atoms with E-state index in [1.165, 1.54) is 0 Å². The maximum absolute atomic E-state index is 12.1. The molecule has 108 valence electrons. The normalized spacial score (nSPS) is 15.9. The summed E-state index contributed by atoms with van der Waals surface area (Å²) in [6.45, 7) is 3.19. The predicted octanol–water partition coefficient (Wildman–Crippen LogP) is 2.71. The second-order valence-electron chi connectivity index (χ2n) is 5.27. The van der Waals surface area contributed by atoms with E-state index in [1.807, 2.05) is 31.2 Å². The molecular formula is C15H20N2O3. The molecule has 20 heavy (non-hydrogen) atoms. The molecule has 1 aromatic carbocycles. The molecule has 0 aliphatic carbocycles. The van der Waals surface area contributed by atoms with Crippen LogP contribution in [-0.4, -0.2) is 35.1 Å². The van der Waals surface area contributed by atoms with Crippen molar-refractivity contribution in [3.63, 3.8) is 0 Å². The van der Waals surface area contributed by atoms with Crippen LogP contribution in [0.4, 0.5) is 10.5 Å². The molecule has 0 spiro atoms. The van der Waals surface area contributed by atoms with Crippen LogP contribution in [0.25, 0.3) is 0 Å². The molecule has 1 fully saturated rings. The number of urea groups is 1. The fourth-order valence-corrected chi connectivity index (χ4v) is 2.49. The number of benzene rings is 1. The van der Waals surface area contributed by atoms with E-state index in [0.717, 1.165) is 24.1 Å². The van der Waals surface area contributed by atoms with Crippen LogP contribution in [0.1, 0.15) is 24.8 Å². The molecule has 2 N–H and O–H groups in total. The average molecular weight is 276 g/mol. The van der Waals surface area contributed by atoms with Crippen LogP contribution in [0.15, 0.2) is 24.3 Å². The number of carbonyl (C=O) groups excluding carboxylic acids is 1. The Kier molecular flexibility index (Phi) is 4.61. The highest BCUT2D eigenvalue weighted by Gasteiger charge is 2.24. The number of rotatable bonds is 3. The van der Waals surface area contributed by atoms with E-state index in [9.17, 15) is 9.59 Å². The van der Waals surface area contributed by atoms with Gasteiger partial charge in [0, 0.05) is 25.2 Å². The molecule has 5 heteroatoms. The largest absolute Gasteiger partial charge is 0.481 e. The molecule has 0 radical (unpaired) electrons. The van der Waals surface area contributed by atoms with Crippen LogP contribution >= 0.6 is 0 Å². The Morgan fingerprint density at radius 1 is 1.30 bits per heavy atom. The number of anilines is 1. The Labute approximate surface area is 118 Å². The van der Waals surface area contributed by atoms with Gasteiger partial charge in [0.25, 0.3) is 0 Å². The lowest BCUT2D eigenvalue weighted by atomic mass is 9.94. The topological polar surface area (TPSA) is 69.6 Å². The van der Waals surface area contributed by atoms with Gasteiger partial charge < -0.3 is 15.3 Å². The zero-order valence-corrected chi connectivity index (χ0v) is 11.6. The van der Waals surface area contributed by atoms with Crippen LogP contribution < -0.4 is 5.32 Å². The van der Waals surface area contributed by atoms with Gasteiger partial charge in [0.2, 0.25) is 0 Å². The number of piperidine rings is 1. The van der Waals surface area contributed by atoms with E-state index in [0.29, 0.717) is 13.1 Å². The summed E-state index contributed by atoms with van der Waals surface area (Å²) in [6, 6.07) is 7.55. The lowest BCUT2D eigenvalue weighted by molar-refractivity contribution is -0.138. The first-order chi connectivity index (χ1) is 9.56. The third-order valence-corrected chi connectivity index (χ3v) is 3.75. The number of hydrogen-bond donors (Lipinski definition) is 2. The molecule has 2 amide bonds. The van der Waals surface area contributed by atoms with Crippen molar-refractivity contribution in [3.8, 4) is 0 Å². The first-order valence-corrected chi connectivity index (χ1v) is 6.89. The maximum Gasteiger partial charge on any atom is 0.321 e. The summed E-state index contributed by atoms with van der Waals surface area (Å²) >= 11 is 0. The molecule has 1 aliphatic rings. The Hall–Kier alpha value is -2.04. The standard InChI is InChI=1S/C15H20N2O3/c1-11-4-2-3-5-13(11)16-15(20)17-8-6-12(7-9-17)10-14(18)19/h2-5,12H,6-10H2,1H3,(H,16,20)(H,18,19). The van der Waals surface area contributed by atoms with E-state index < -0.39 is 5.97 Å². The minimum absolute atomic E-state index is 0.104. The Morgan fingerprint density at radius 3 is 2.55 bits per heavy atom. The number of aliphatic carboxylic acids is 1. The van der Waals surface area contributed by atoms with Gasteiger partial charge in [0.05, 0.1) is 0 Å². The number of carboxylic acids is 1. The van der Waals surface area contributed by atoms with E-state index in [2.05, 4.69) is 5.32 Å². The minimum Gasteiger partial charge on any atom is -0.481 e. The zero-order chi connectivity index (χ0) is 14.5. The smallest absolute Gasteiger partial charge is 0.321 e. The van der Waals surface area contributed by atoms with Crippen molar-refractivity contribution in [2.75, 3.05) is 18.4 Å². The summed E-state index contributed by atoms with van der Waals surface area (Å²) in [6.07, 6.45) is 1.72. The van der Waals surface area contributed by atoms with Gasteiger partial charge >= 0.3 is 12.0 Å². The monoisotopic (exact) mass is 276 g/mol. The van der Waals surface area contributed by atoms with Gasteiger partial charge in [-0.05, 0) is 37.3 Å². The van der Waals surface area contributed by atoms with Crippen molar-refractivity contribution in [1.29, 1.82) is 0 Å². The van der Waals surface area contributed by atoms with Crippen molar-refractivity contribution < 1.29 is 14.7 Å². The number of aryl methyl sites for hydroxylation is 1. The lowest BCUT2D eigenvalue weighted by Gasteiger charge is -2.31. The van der Waals surface area contributed by atoms with E-state index in [4.69, 9.17) is 5.11 Å². The number of nitrogens with zero attached hydrogens (tertiary/aromatic N) is 1. The summed E-state index contributed by atoms with van der Waals surface area (Å²) in [5.41, 5.74) is 1.85. The number of para-hydroxylation sites is 1. The average Bonchev–Trinajstić information content (AvgIpc) is 2.41. The molecule has 1 heterocycles. The lowest BCUT2D eigenvalue weighted by Crippen LogP contribution is -2.41. The van der Waals surface area contributed by atoms with Crippen LogP contribution in [0.5, 0.6) is 0 Å². The first kappa shape index (κ1) is 14.4. The maximum atomic E-state index is 12.1. The van der Waals surface area contributed by atoms with Gasteiger partial charge in [-0.3, -0.25) is 4.79 Å². The van der Waals surface area contributed by atoms with E-state index in [-0.39, 0.29) is 18.4 Å². The second kappa shape index (κ2) is 6.41. The molecule has 5 nitrogen and oxygen atoms in total. The zero-order valence-electron chi connectivity index (χ0n) is 11.6. The number of hydrogen-bond acceptors (Lipinski definition) is 2. The highest BCUT2D eigenvalue weighted by atomic mass is 16.4. The third kappa shape index (κ3) is 3.73. The van der Waals surface area contributed by atoms with Crippen LogP contribution in [-0.2, 0) is 4.79 Å². The molecule has 0 saturated carbocycles.